The van der Waals surface area contributed by atoms with Crippen LogP contribution < -0.4 is 5.32 Å². The number of hydrogen-bond acceptors (Lipinski definition) is 5. The van der Waals surface area contributed by atoms with E-state index in [1.54, 1.807) is 30.3 Å². The van der Waals surface area contributed by atoms with Crippen LogP contribution in [-0.4, -0.2) is 21.9 Å². The first kappa shape index (κ1) is 21.4. The Labute approximate surface area is 193 Å². The monoisotopic (exact) mass is 469 g/mol. The Morgan fingerprint density at radius 2 is 1.45 bits per heavy atom. The summed E-state index contributed by atoms with van der Waals surface area (Å²) < 4.78 is 5.76. The number of anilines is 1. The Morgan fingerprint density at radius 1 is 0.839 bits per heavy atom. The summed E-state index contributed by atoms with van der Waals surface area (Å²) in [5.41, 5.74) is 3.16. The van der Waals surface area contributed by atoms with Gasteiger partial charge in [-0.1, -0.05) is 47.5 Å². The maximum Gasteiger partial charge on any atom is 0.248 e. The number of nitrogens with one attached hydrogen (secondary N) is 1. The summed E-state index contributed by atoms with van der Waals surface area (Å²) >= 11 is 13.8. The van der Waals surface area contributed by atoms with Crippen LogP contribution in [0.3, 0.4) is 0 Å². The quantitative estimate of drug-likeness (QED) is 0.330. The van der Waals surface area contributed by atoms with Gasteiger partial charge in [-0.25, -0.2) is 0 Å². The fourth-order valence-electron chi connectivity index (χ4n) is 2.85. The number of thioether (sulfide) groups is 1. The lowest BCUT2D eigenvalue weighted by molar-refractivity contribution is -0.113. The summed E-state index contributed by atoms with van der Waals surface area (Å²) in [4.78, 5) is 12.2. The molecular weight excluding hydrogens is 453 g/mol. The van der Waals surface area contributed by atoms with Crippen molar-refractivity contribution in [2.75, 3.05) is 11.1 Å². The van der Waals surface area contributed by atoms with Gasteiger partial charge in [0.25, 0.3) is 0 Å². The van der Waals surface area contributed by atoms with Crippen molar-refractivity contribution in [2.45, 2.75) is 5.75 Å². The van der Waals surface area contributed by atoms with Crippen LogP contribution in [0.4, 0.5) is 5.69 Å². The highest BCUT2D eigenvalue weighted by Gasteiger charge is 2.11. The van der Waals surface area contributed by atoms with Gasteiger partial charge >= 0.3 is 0 Å². The summed E-state index contributed by atoms with van der Waals surface area (Å²) in [6, 6.07) is 22.2. The average Bonchev–Trinajstić information content (AvgIpc) is 3.27. The third-order valence-corrected chi connectivity index (χ3v) is 6.07. The number of nitrogens with zero attached hydrogens (tertiary/aromatic N) is 2. The van der Waals surface area contributed by atoms with Gasteiger partial charge in [0.15, 0.2) is 0 Å². The molecule has 0 fully saturated rings. The number of aromatic nitrogens is 2. The minimum Gasteiger partial charge on any atom is -0.416 e. The van der Waals surface area contributed by atoms with E-state index < -0.39 is 0 Å². The van der Waals surface area contributed by atoms with Crippen molar-refractivity contribution in [1.82, 2.24) is 10.2 Å². The molecule has 0 aliphatic heterocycles. The van der Waals surface area contributed by atoms with E-state index in [-0.39, 0.29) is 11.7 Å². The minimum atomic E-state index is -0.106. The molecule has 0 radical (unpaired) electrons. The molecule has 8 heteroatoms. The van der Waals surface area contributed by atoms with Gasteiger partial charge in [-0.15, -0.1) is 22.0 Å². The van der Waals surface area contributed by atoms with Crippen LogP contribution in [0.5, 0.6) is 0 Å². The zero-order valence-corrected chi connectivity index (χ0v) is 18.5. The molecule has 3 aromatic carbocycles. The highest BCUT2D eigenvalue weighted by molar-refractivity contribution is 7.99. The number of carbonyl (C=O) groups excluding carboxylic acids is 1. The molecule has 31 heavy (non-hydrogen) atoms. The Bertz CT molecular complexity index is 1160. The van der Waals surface area contributed by atoms with E-state index in [4.69, 9.17) is 27.6 Å². The molecule has 1 heterocycles. The largest absolute Gasteiger partial charge is 0.416 e. The van der Waals surface area contributed by atoms with E-state index in [1.165, 1.54) is 11.8 Å². The van der Waals surface area contributed by atoms with Crippen LogP contribution in [0.25, 0.3) is 22.9 Å². The van der Waals surface area contributed by atoms with E-state index in [0.29, 0.717) is 33.3 Å². The maximum absolute atomic E-state index is 12.2. The van der Waals surface area contributed by atoms with Gasteiger partial charge in [-0.3, -0.25) is 4.79 Å². The Morgan fingerprint density at radius 3 is 2.10 bits per heavy atom. The van der Waals surface area contributed by atoms with Crippen molar-refractivity contribution in [3.05, 3.63) is 88.4 Å². The fourth-order valence-corrected chi connectivity index (χ4v) is 4.41. The molecule has 5 nitrogen and oxygen atoms in total. The van der Waals surface area contributed by atoms with Gasteiger partial charge < -0.3 is 9.73 Å². The van der Waals surface area contributed by atoms with Crippen molar-refractivity contribution in [3.8, 4) is 22.9 Å². The van der Waals surface area contributed by atoms with E-state index in [2.05, 4.69) is 15.5 Å². The van der Waals surface area contributed by atoms with Gasteiger partial charge in [0.05, 0.1) is 5.75 Å². The van der Waals surface area contributed by atoms with E-state index in [9.17, 15) is 4.79 Å². The first-order valence-corrected chi connectivity index (χ1v) is 11.3. The normalized spacial score (nSPS) is 10.8. The SMILES string of the molecule is O=C(CSCc1c(Cl)cccc1Cl)Nc1ccc(-c2nnc(-c3ccccc3)o2)cc1. The molecule has 1 amide bonds. The molecule has 0 saturated heterocycles. The van der Waals surface area contributed by atoms with Crippen molar-refractivity contribution in [1.29, 1.82) is 0 Å². The summed E-state index contributed by atoms with van der Waals surface area (Å²) in [5, 5.41) is 12.3. The summed E-state index contributed by atoms with van der Waals surface area (Å²) in [7, 11) is 0. The third-order valence-electron chi connectivity index (χ3n) is 4.40. The molecule has 1 N–H and O–H groups in total. The molecule has 0 aliphatic carbocycles. The van der Waals surface area contributed by atoms with Crippen LogP contribution in [0.15, 0.2) is 77.2 Å². The topological polar surface area (TPSA) is 68.0 Å². The Balaban J connectivity index is 1.32. The highest BCUT2D eigenvalue weighted by atomic mass is 35.5. The van der Waals surface area contributed by atoms with Crippen LogP contribution >= 0.6 is 35.0 Å². The van der Waals surface area contributed by atoms with Crippen LogP contribution in [0.2, 0.25) is 10.0 Å². The predicted octanol–water partition coefficient (Wildman–Crippen LogP) is 6.58. The molecular formula is C23H17Cl2N3O2S. The first-order chi connectivity index (χ1) is 15.1. The van der Waals surface area contributed by atoms with Crippen LogP contribution in [0, 0.1) is 0 Å². The van der Waals surface area contributed by atoms with Crippen LogP contribution in [-0.2, 0) is 10.5 Å². The van der Waals surface area contributed by atoms with Gasteiger partial charge in [0.1, 0.15) is 0 Å². The molecule has 0 atom stereocenters. The predicted molar refractivity (Wildman–Crippen MR) is 126 cm³/mol. The molecule has 1 aromatic heterocycles. The molecule has 0 aliphatic rings. The lowest BCUT2D eigenvalue weighted by Crippen LogP contribution is -2.14. The lowest BCUT2D eigenvalue weighted by Gasteiger charge is -2.08. The molecule has 0 spiro atoms. The number of benzene rings is 3. The fraction of sp³-hybridized carbons (Fsp3) is 0.0870. The smallest absolute Gasteiger partial charge is 0.248 e. The number of carbonyl (C=O) groups is 1. The molecule has 4 rings (SSSR count). The Kier molecular flexibility index (Phi) is 6.92. The minimum absolute atomic E-state index is 0.106. The van der Waals surface area contributed by atoms with Gasteiger partial charge in [-0.05, 0) is 54.1 Å². The summed E-state index contributed by atoms with van der Waals surface area (Å²) in [6.07, 6.45) is 0. The Hall–Kier alpha value is -2.80. The van der Waals surface area contributed by atoms with Crippen LogP contribution in [0.1, 0.15) is 5.56 Å². The zero-order valence-electron chi connectivity index (χ0n) is 16.2. The summed E-state index contributed by atoms with van der Waals surface area (Å²) in [5.74, 6) is 1.62. The number of hydrogen-bond donors (Lipinski definition) is 1. The van der Waals surface area contributed by atoms with Gasteiger partial charge in [0.2, 0.25) is 17.7 Å². The highest BCUT2D eigenvalue weighted by Crippen LogP contribution is 2.28. The maximum atomic E-state index is 12.2. The lowest BCUT2D eigenvalue weighted by atomic mass is 10.2. The van der Waals surface area contributed by atoms with E-state index in [1.807, 2.05) is 42.5 Å². The molecule has 156 valence electrons. The number of rotatable bonds is 7. The van der Waals surface area contributed by atoms with Gasteiger partial charge in [0, 0.05) is 32.6 Å². The molecule has 0 bridgehead atoms. The van der Waals surface area contributed by atoms with E-state index in [0.717, 1.165) is 16.7 Å². The second kappa shape index (κ2) is 10.0. The van der Waals surface area contributed by atoms with Crippen molar-refractivity contribution in [3.63, 3.8) is 0 Å². The zero-order chi connectivity index (χ0) is 21.6. The number of amides is 1. The third kappa shape index (κ3) is 5.47. The van der Waals surface area contributed by atoms with Crippen molar-refractivity contribution >= 4 is 46.6 Å². The second-order valence-corrected chi connectivity index (χ2v) is 8.40. The number of halogens is 2. The van der Waals surface area contributed by atoms with Crippen molar-refractivity contribution < 1.29 is 9.21 Å². The first-order valence-electron chi connectivity index (χ1n) is 9.40. The van der Waals surface area contributed by atoms with Crippen molar-refractivity contribution in [2.24, 2.45) is 0 Å². The van der Waals surface area contributed by atoms with Gasteiger partial charge in [-0.2, -0.15) is 0 Å². The molecule has 0 unspecified atom stereocenters. The average molecular weight is 470 g/mol. The molecule has 0 saturated carbocycles. The molecule has 4 aromatic rings. The van der Waals surface area contributed by atoms with E-state index >= 15 is 0 Å². The standard InChI is InChI=1S/C23H17Cl2N3O2S/c24-19-7-4-8-20(25)18(19)13-31-14-21(29)26-17-11-9-16(10-12-17)23-28-27-22(30-23)15-5-2-1-3-6-15/h1-12H,13-14H2,(H,26,29). The summed E-state index contributed by atoms with van der Waals surface area (Å²) in [6.45, 7) is 0. The second-order valence-electron chi connectivity index (χ2n) is 6.60.